The van der Waals surface area contributed by atoms with Crippen molar-refractivity contribution in [3.63, 3.8) is 0 Å². The van der Waals surface area contributed by atoms with Crippen molar-refractivity contribution < 1.29 is 14.6 Å². The molecular weight excluding hydrogens is 252 g/mol. The van der Waals surface area contributed by atoms with E-state index in [1.165, 1.54) is 12.8 Å². The van der Waals surface area contributed by atoms with Crippen molar-refractivity contribution in [3.8, 4) is 5.75 Å². The molecule has 0 amide bonds. The van der Waals surface area contributed by atoms with E-state index in [9.17, 15) is 5.11 Å². The average Bonchev–Trinajstić information content (AvgIpc) is 2.73. The fourth-order valence-corrected chi connectivity index (χ4v) is 3.23. The zero-order valence-electron chi connectivity index (χ0n) is 12.6. The molecule has 0 spiro atoms. The van der Waals surface area contributed by atoms with E-state index < -0.39 is 11.7 Å². The first kappa shape index (κ1) is 15.3. The minimum absolute atomic E-state index is 0.433. The Bertz CT molecular complexity index is 408. The normalized spacial score (nSPS) is 20.1. The van der Waals surface area contributed by atoms with Crippen LogP contribution in [0.25, 0.3) is 0 Å². The third-order valence-corrected chi connectivity index (χ3v) is 4.29. The number of rotatable bonds is 5. The van der Waals surface area contributed by atoms with Crippen molar-refractivity contribution in [3.05, 3.63) is 29.8 Å². The Balaban J connectivity index is 2.26. The monoisotopic (exact) mass is 278 g/mol. The van der Waals surface area contributed by atoms with Crippen LogP contribution in [-0.4, -0.2) is 24.4 Å². The molecule has 1 aliphatic rings. The molecule has 1 aliphatic carbocycles. The van der Waals surface area contributed by atoms with Gasteiger partial charge in [0, 0.05) is 6.61 Å². The predicted molar refractivity (Wildman–Crippen MR) is 80.0 cm³/mol. The van der Waals surface area contributed by atoms with Crippen LogP contribution in [0.3, 0.4) is 0 Å². The van der Waals surface area contributed by atoms with Gasteiger partial charge in [-0.25, -0.2) is 0 Å². The Morgan fingerprint density at radius 2 is 1.90 bits per heavy atom. The quantitative estimate of drug-likeness (QED) is 0.831. The number of ether oxygens (including phenoxy) is 2. The number of hydrogen-bond donors (Lipinski definition) is 1. The van der Waals surface area contributed by atoms with Crippen molar-refractivity contribution in [1.29, 1.82) is 0 Å². The lowest BCUT2D eigenvalue weighted by Gasteiger charge is -2.37. The number of benzene rings is 1. The van der Waals surface area contributed by atoms with E-state index in [2.05, 4.69) is 0 Å². The van der Waals surface area contributed by atoms with Gasteiger partial charge in [0.1, 0.15) is 11.9 Å². The van der Waals surface area contributed by atoms with E-state index in [-0.39, 0.29) is 0 Å². The van der Waals surface area contributed by atoms with Crippen molar-refractivity contribution >= 4 is 0 Å². The van der Waals surface area contributed by atoms with Crippen LogP contribution in [0.1, 0.15) is 57.1 Å². The van der Waals surface area contributed by atoms with E-state index in [0.29, 0.717) is 6.61 Å². The third-order valence-electron chi connectivity index (χ3n) is 4.29. The predicted octanol–water partition coefficient (Wildman–Crippen LogP) is 3.86. The van der Waals surface area contributed by atoms with Gasteiger partial charge in [-0.2, -0.15) is 0 Å². The zero-order chi connectivity index (χ0) is 14.4. The lowest BCUT2D eigenvalue weighted by molar-refractivity contribution is -0.131. The molecule has 0 bridgehead atoms. The Kier molecular flexibility index (Phi) is 5.44. The van der Waals surface area contributed by atoms with E-state index >= 15 is 0 Å². The highest BCUT2D eigenvalue weighted by Crippen LogP contribution is 2.41. The van der Waals surface area contributed by atoms with E-state index in [1.54, 1.807) is 7.11 Å². The van der Waals surface area contributed by atoms with Crippen LogP contribution in [0.2, 0.25) is 0 Å². The highest BCUT2D eigenvalue weighted by molar-refractivity contribution is 5.31. The molecule has 3 heteroatoms. The standard InChI is InChI=1S/C17H26O3/c1-3-20-17(11-6-4-5-7-12-17)16(18)14-9-8-10-15(13-14)19-2/h8-10,13,16,18H,3-7,11-12H2,1-2H3. The third kappa shape index (κ3) is 3.33. The first-order chi connectivity index (χ1) is 9.72. The van der Waals surface area contributed by atoms with Gasteiger partial charge in [-0.15, -0.1) is 0 Å². The molecule has 1 unspecified atom stereocenters. The van der Waals surface area contributed by atoms with Crippen LogP contribution < -0.4 is 4.74 Å². The molecule has 0 aliphatic heterocycles. The highest BCUT2D eigenvalue weighted by atomic mass is 16.5. The van der Waals surface area contributed by atoms with Crippen LogP contribution in [0, 0.1) is 0 Å². The molecule has 112 valence electrons. The molecule has 0 heterocycles. The molecule has 1 N–H and O–H groups in total. The maximum absolute atomic E-state index is 10.9. The first-order valence-electron chi connectivity index (χ1n) is 7.68. The minimum Gasteiger partial charge on any atom is -0.497 e. The fourth-order valence-electron chi connectivity index (χ4n) is 3.23. The molecule has 1 atom stereocenters. The fraction of sp³-hybridized carbons (Fsp3) is 0.647. The summed E-state index contributed by atoms with van der Waals surface area (Å²) in [5, 5.41) is 10.9. The number of aliphatic hydroxyl groups excluding tert-OH is 1. The summed E-state index contributed by atoms with van der Waals surface area (Å²) in [7, 11) is 1.65. The zero-order valence-corrected chi connectivity index (χ0v) is 12.6. The molecule has 1 aromatic rings. The summed E-state index contributed by atoms with van der Waals surface area (Å²) in [6.07, 6.45) is 6.00. The van der Waals surface area contributed by atoms with Crippen LogP contribution in [0.5, 0.6) is 5.75 Å². The number of aliphatic hydroxyl groups is 1. The van der Waals surface area contributed by atoms with Gasteiger partial charge in [0.25, 0.3) is 0 Å². The van der Waals surface area contributed by atoms with Crippen LogP contribution in [0.4, 0.5) is 0 Å². The van der Waals surface area contributed by atoms with E-state index in [4.69, 9.17) is 9.47 Å². The van der Waals surface area contributed by atoms with Gasteiger partial charge in [0.2, 0.25) is 0 Å². The van der Waals surface area contributed by atoms with Gasteiger partial charge in [-0.05, 0) is 37.5 Å². The number of hydrogen-bond acceptors (Lipinski definition) is 3. The molecular formula is C17H26O3. The molecule has 1 fully saturated rings. The van der Waals surface area contributed by atoms with Gasteiger partial charge >= 0.3 is 0 Å². The second-order valence-electron chi connectivity index (χ2n) is 5.59. The topological polar surface area (TPSA) is 38.7 Å². The van der Waals surface area contributed by atoms with Crippen molar-refractivity contribution in [1.82, 2.24) is 0 Å². The van der Waals surface area contributed by atoms with Gasteiger partial charge < -0.3 is 14.6 Å². The summed E-state index contributed by atoms with van der Waals surface area (Å²) in [6.45, 7) is 2.64. The SMILES string of the molecule is CCOC1(C(O)c2cccc(OC)c2)CCCCCC1. The Hall–Kier alpha value is -1.06. The summed E-state index contributed by atoms with van der Waals surface area (Å²) in [5.74, 6) is 0.779. The van der Waals surface area contributed by atoms with Gasteiger partial charge in [-0.3, -0.25) is 0 Å². The molecule has 2 rings (SSSR count). The Morgan fingerprint density at radius 3 is 2.50 bits per heavy atom. The smallest absolute Gasteiger partial charge is 0.119 e. The van der Waals surface area contributed by atoms with Gasteiger partial charge in [-0.1, -0.05) is 37.8 Å². The van der Waals surface area contributed by atoms with Crippen LogP contribution in [0.15, 0.2) is 24.3 Å². The second kappa shape index (κ2) is 7.09. The Labute approximate surface area is 121 Å². The molecule has 1 aromatic carbocycles. The molecule has 1 saturated carbocycles. The van der Waals surface area contributed by atoms with Crippen molar-refractivity contribution in [2.45, 2.75) is 57.2 Å². The average molecular weight is 278 g/mol. The molecule has 0 radical (unpaired) electrons. The lowest BCUT2D eigenvalue weighted by atomic mass is 9.84. The summed E-state index contributed by atoms with van der Waals surface area (Å²) in [4.78, 5) is 0. The van der Waals surface area contributed by atoms with Gasteiger partial charge in [0.15, 0.2) is 0 Å². The summed E-state index contributed by atoms with van der Waals surface area (Å²) in [5.41, 5.74) is 0.456. The molecule has 0 saturated heterocycles. The van der Waals surface area contributed by atoms with Crippen molar-refractivity contribution in [2.24, 2.45) is 0 Å². The van der Waals surface area contributed by atoms with Crippen LogP contribution >= 0.6 is 0 Å². The maximum Gasteiger partial charge on any atom is 0.119 e. The summed E-state index contributed by atoms with van der Waals surface area (Å²) in [6, 6.07) is 7.69. The molecule has 20 heavy (non-hydrogen) atoms. The highest BCUT2D eigenvalue weighted by Gasteiger charge is 2.39. The van der Waals surface area contributed by atoms with Crippen LogP contribution in [-0.2, 0) is 4.74 Å². The molecule has 3 nitrogen and oxygen atoms in total. The minimum atomic E-state index is -0.587. The maximum atomic E-state index is 10.9. The molecule has 0 aromatic heterocycles. The van der Waals surface area contributed by atoms with E-state index in [0.717, 1.165) is 37.0 Å². The summed E-state index contributed by atoms with van der Waals surface area (Å²) < 4.78 is 11.3. The first-order valence-corrected chi connectivity index (χ1v) is 7.68. The Morgan fingerprint density at radius 1 is 1.20 bits per heavy atom. The summed E-state index contributed by atoms with van der Waals surface area (Å²) >= 11 is 0. The van der Waals surface area contributed by atoms with E-state index in [1.807, 2.05) is 31.2 Å². The lowest BCUT2D eigenvalue weighted by Crippen LogP contribution is -2.39. The second-order valence-corrected chi connectivity index (χ2v) is 5.59. The van der Waals surface area contributed by atoms with Gasteiger partial charge in [0.05, 0.1) is 12.7 Å². The van der Waals surface area contributed by atoms with Crippen molar-refractivity contribution in [2.75, 3.05) is 13.7 Å². The number of methoxy groups -OCH3 is 1. The largest absolute Gasteiger partial charge is 0.497 e.